The van der Waals surface area contributed by atoms with Crippen molar-refractivity contribution in [3.05, 3.63) is 52.2 Å². The van der Waals surface area contributed by atoms with E-state index in [9.17, 15) is 4.79 Å². The fraction of sp³-hybridized carbons (Fsp3) is 0.200. The maximum Gasteiger partial charge on any atom is 0.255 e. The number of para-hydroxylation sites is 1. The minimum absolute atomic E-state index is 0.245. The molecule has 1 aromatic heterocycles. The normalized spacial score (nSPS) is 10.3. The van der Waals surface area contributed by atoms with Gasteiger partial charge in [-0.1, -0.05) is 30.7 Å². The van der Waals surface area contributed by atoms with Crippen molar-refractivity contribution >= 4 is 29.0 Å². The molecule has 0 aliphatic heterocycles. The van der Waals surface area contributed by atoms with Crippen LogP contribution in [-0.2, 0) is 6.42 Å². The molecule has 20 heavy (non-hydrogen) atoms. The summed E-state index contributed by atoms with van der Waals surface area (Å²) in [6.07, 6.45) is 0.719. The zero-order chi connectivity index (χ0) is 14.7. The Morgan fingerprint density at radius 1 is 1.40 bits per heavy atom. The number of amides is 1. The number of halogens is 1. The van der Waals surface area contributed by atoms with Crippen LogP contribution in [0.2, 0.25) is 5.02 Å². The summed E-state index contributed by atoms with van der Waals surface area (Å²) in [7, 11) is 0. The van der Waals surface area contributed by atoms with Gasteiger partial charge in [-0.2, -0.15) is 0 Å². The van der Waals surface area contributed by atoms with Gasteiger partial charge in [-0.3, -0.25) is 4.79 Å². The number of hydrogen-bond donors (Lipinski definition) is 2. The van der Waals surface area contributed by atoms with Gasteiger partial charge in [0.05, 0.1) is 10.7 Å². The molecule has 0 aliphatic rings. The Hall–Kier alpha value is -2.07. The predicted octanol–water partition coefficient (Wildman–Crippen LogP) is 3.44. The number of aromatic nitrogens is 1. The summed E-state index contributed by atoms with van der Waals surface area (Å²) in [5.74, 6) is 0.0929. The van der Waals surface area contributed by atoms with Crippen LogP contribution >= 0.6 is 11.6 Å². The van der Waals surface area contributed by atoms with Crippen LogP contribution in [-0.4, -0.2) is 10.9 Å². The molecule has 0 saturated heterocycles. The zero-order valence-corrected chi connectivity index (χ0v) is 12.2. The van der Waals surface area contributed by atoms with Crippen LogP contribution < -0.4 is 11.1 Å². The lowest BCUT2D eigenvalue weighted by atomic mass is 10.1. The Morgan fingerprint density at radius 2 is 2.15 bits per heavy atom. The molecule has 0 aliphatic carbocycles. The Kier molecular flexibility index (Phi) is 4.25. The molecule has 0 fully saturated rings. The van der Waals surface area contributed by atoms with Gasteiger partial charge >= 0.3 is 0 Å². The standard InChI is InChI=1S/C15H16ClN3O/c1-3-11-7-10(8-13(17)18-11)15(20)19-14-9(2)5-4-6-12(14)16/h4-8H,3H2,1-2H3,(H2,17,18)(H,19,20). The molecular formula is C15H16ClN3O. The molecule has 4 nitrogen and oxygen atoms in total. The van der Waals surface area contributed by atoms with Crippen molar-refractivity contribution in [3.8, 4) is 0 Å². The smallest absolute Gasteiger partial charge is 0.255 e. The third-order valence-electron chi connectivity index (χ3n) is 2.98. The van der Waals surface area contributed by atoms with Crippen LogP contribution in [0.25, 0.3) is 0 Å². The number of nitrogens with zero attached hydrogens (tertiary/aromatic N) is 1. The number of nitrogens with two attached hydrogens (primary N) is 1. The number of benzene rings is 1. The Balaban J connectivity index is 2.31. The first kappa shape index (κ1) is 14.3. The third kappa shape index (κ3) is 3.08. The highest BCUT2D eigenvalue weighted by Gasteiger charge is 2.12. The monoisotopic (exact) mass is 289 g/mol. The Morgan fingerprint density at radius 3 is 2.80 bits per heavy atom. The summed E-state index contributed by atoms with van der Waals surface area (Å²) in [6, 6.07) is 8.76. The summed E-state index contributed by atoms with van der Waals surface area (Å²) < 4.78 is 0. The number of carbonyl (C=O) groups is 1. The van der Waals surface area contributed by atoms with E-state index in [2.05, 4.69) is 10.3 Å². The van der Waals surface area contributed by atoms with Crippen molar-refractivity contribution in [2.75, 3.05) is 11.1 Å². The van der Waals surface area contributed by atoms with E-state index < -0.39 is 0 Å². The van der Waals surface area contributed by atoms with Crippen LogP contribution in [0.5, 0.6) is 0 Å². The quantitative estimate of drug-likeness (QED) is 0.909. The summed E-state index contributed by atoms with van der Waals surface area (Å²) in [6.45, 7) is 3.85. The second kappa shape index (κ2) is 5.92. The van der Waals surface area contributed by atoms with E-state index in [1.165, 1.54) is 0 Å². The molecule has 0 saturated carbocycles. The molecule has 5 heteroatoms. The maximum absolute atomic E-state index is 12.3. The van der Waals surface area contributed by atoms with E-state index in [1.54, 1.807) is 18.2 Å². The molecule has 0 spiro atoms. The molecule has 0 unspecified atom stereocenters. The summed E-state index contributed by atoms with van der Waals surface area (Å²) in [5.41, 5.74) is 8.50. The number of nitrogens with one attached hydrogen (secondary N) is 1. The summed E-state index contributed by atoms with van der Waals surface area (Å²) >= 11 is 6.10. The van der Waals surface area contributed by atoms with E-state index in [0.717, 1.165) is 17.7 Å². The van der Waals surface area contributed by atoms with Crippen LogP contribution in [0.15, 0.2) is 30.3 Å². The van der Waals surface area contributed by atoms with Crippen molar-refractivity contribution in [2.24, 2.45) is 0 Å². The highest BCUT2D eigenvalue weighted by Crippen LogP contribution is 2.26. The maximum atomic E-state index is 12.3. The highest BCUT2D eigenvalue weighted by atomic mass is 35.5. The molecule has 1 amide bonds. The van der Waals surface area contributed by atoms with Crippen molar-refractivity contribution in [1.29, 1.82) is 0 Å². The second-order valence-corrected chi connectivity index (χ2v) is 4.92. The van der Waals surface area contributed by atoms with E-state index in [1.807, 2.05) is 26.0 Å². The molecule has 1 aromatic carbocycles. The fourth-order valence-corrected chi connectivity index (χ4v) is 2.17. The van der Waals surface area contributed by atoms with Gasteiger partial charge in [-0.25, -0.2) is 4.98 Å². The number of anilines is 2. The molecule has 2 aromatic rings. The van der Waals surface area contributed by atoms with E-state index in [0.29, 0.717) is 22.1 Å². The second-order valence-electron chi connectivity index (χ2n) is 4.51. The molecule has 2 rings (SSSR count). The van der Waals surface area contributed by atoms with Crippen LogP contribution in [0.4, 0.5) is 11.5 Å². The fourth-order valence-electron chi connectivity index (χ4n) is 1.90. The molecule has 1 heterocycles. The topological polar surface area (TPSA) is 68.0 Å². The van der Waals surface area contributed by atoms with Gasteiger partial charge in [0.15, 0.2) is 0 Å². The summed E-state index contributed by atoms with van der Waals surface area (Å²) in [4.78, 5) is 16.4. The number of pyridine rings is 1. The van der Waals surface area contributed by atoms with Crippen molar-refractivity contribution in [1.82, 2.24) is 4.98 Å². The van der Waals surface area contributed by atoms with Gasteiger partial charge in [0.1, 0.15) is 5.82 Å². The van der Waals surface area contributed by atoms with E-state index >= 15 is 0 Å². The van der Waals surface area contributed by atoms with Crippen LogP contribution in [0.3, 0.4) is 0 Å². The number of hydrogen-bond acceptors (Lipinski definition) is 3. The highest BCUT2D eigenvalue weighted by molar-refractivity contribution is 6.34. The van der Waals surface area contributed by atoms with Gasteiger partial charge < -0.3 is 11.1 Å². The Labute approximate surface area is 123 Å². The molecular weight excluding hydrogens is 274 g/mol. The predicted molar refractivity (Wildman–Crippen MR) is 82.2 cm³/mol. The van der Waals surface area contributed by atoms with Crippen molar-refractivity contribution in [2.45, 2.75) is 20.3 Å². The van der Waals surface area contributed by atoms with Gasteiger partial charge in [-0.05, 0) is 37.1 Å². The van der Waals surface area contributed by atoms with Crippen molar-refractivity contribution < 1.29 is 4.79 Å². The lowest BCUT2D eigenvalue weighted by Crippen LogP contribution is -2.14. The third-order valence-corrected chi connectivity index (χ3v) is 3.30. The first-order chi connectivity index (χ1) is 9.51. The number of aryl methyl sites for hydroxylation is 2. The SMILES string of the molecule is CCc1cc(C(=O)Nc2c(C)cccc2Cl)cc(N)n1. The molecule has 0 radical (unpaired) electrons. The zero-order valence-electron chi connectivity index (χ0n) is 11.4. The first-order valence-electron chi connectivity index (χ1n) is 6.34. The van der Waals surface area contributed by atoms with Crippen molar-refractivity contribution in [3.63, 3.8) is 0 Å². The molecule has 3 N–H and O–H groups in total. The van der Waals surface area contributed by atoms with Gasteiger partial charge in [0.2, 0.25) is 0 Å². The van der Waals surface area contributed by atoms with Gasteiger partial charge in [-0.15, -0.1) is 0 Å². The lowest BCUT2D eigenvalue weighted by Gasteiger charge is -2.11. The molecule has 0 bridgehead atoms. The van der Waals surface area contributed by atoms with Gasteiger partial charge in [0.25, 0.3) is 5.91 Å². The molecule has 104 valence electrons. The number of rotatable bonds is 3. The summed E-state index contributed by atoms with van der Waals surface area (Å²) in [5, 5.41) is 3.33. The van der Waals surface area contributed by atoms with E-state index in [-0.39, 0.29) is 5.91 Å². The van der Waals surface area contributed by atoms with Crippen LogP contribution in [0, 0.1) is 6.92 Å². The largest absolute Gasteiger partial charge is 0.384 e. The lowest BCUT2D eigenvalue weighted by molar-refractivity contribution is 0.102. The number of carbonyl (C=O) groups excluding carboxylic acids is 1. The Bertz CT molecular complexity index is 635. The average Bonchev–Trinajstić information content (AvgIpc) is 2.42. The number of nitrogen functional groups attached to an aromatic ring is 1. The molecule has 0 atom stereocenters. The average molecular weight is 290 g/mol. The minimum Gasteiger partial charge on any atom is -0.384 e. The minimum atomic E-state index is -0.245. The van der Waals surface area contributed by atoms with Gasteiger partial charge in [0, 0.05) is 11.3 Å². The van der Waals surface area contributed by atoms with Crippen LogP contribution in [0.1, 0.15) is 28.5 Å². The first-order valence-corrected chi connectivity index (χ1v) is 6.72. The van der Waals surface area contributed by atoms with E-state index in [4.69, 9.17) is 17.3 Å².